The van der Waals surface area contributed by atoms with Gasteiger partial charge in [0.2, 0.25) is 5.91 Å². The van der Waals surface area contributed by atoms with E-state index in [1.165, 1.54) is 11.1 Å². The van der Waals surface area contributed by atoms with Gasteiger partial charge in [-0.2, -0.15) is 5.10 Å². The van der Waals surface area contributed by atoms with Crippen molar-refractivity contribution in [1.29, 1.82) is 0 Å². The predicted molar refractivity (Wildman–Crippen MR) is 115 cm³/mol. The quantitative estimate of drug-likeness (QED) is 0.784. The molecule has 2 aromatic rings. The highest BCUT2D eigenvalue weighted by atomic mass is 16.5. The van der Waals surface area contributed by atoms with Crippen molar-refractivity contribution in [2.45, 2.75) is 32.7 Å². The molecule has 5 rings (SSSR count). The summed E-state index contributed by atoms with van der Waals surface area (Å²) in [6, 6.07) is 12.8. The topological polar surface area (TPSA) is 58.6 Å². The standard InChI is InChI=1S/C24H30N4O2/c1-16-5-3-4-6-20(16)23-21-15-27(22-8-7-17(2)25-26-22)13-19(21)14-28(23)24(29)18-9-11-30-12-10-18/h3-8,18-19,21,23H,9-15H2,1-2H3/t19-,21-,23-/m0/s1. The summed E-state index contributed by atoms with van der Waals surface area (Å²) in [7, 11) is 0. The van der Waals surface area contributed by atoms with E-state index in [2.05, 4.69) is 57.3 Å². The van der Waals surface area contributed by atoms with Gasteiger partial charge in [-0.15, -0.1) is 5.10 Å². The summed E-state index contributed by atoms with van der Waals surface area (Å²) in [6.07, 6.45) is 1.69. The van der Waals surface area contributed by atoms with Crippen LogP contribution in [0.4, 0.5) is 5.82 Å². The number of ether oxygens (including phenoxy) is 1. The molecule has 1 aromatic carbocycles. The first-order valence-corrected chi connectivity index (χ1v) is 11.1. The number of benzene rings is 1. The molecule has 158 valence electrons. The molecule has 0 N–H and O–H groups in total. The molecular formula is C24H30N4O2. The van der Waals surface area contributed by atoms with Crippen LogP contribution in [0.15, 0.2) is 36.4 Å². The van der Waals surface area contributed by atoms with Gasteiger partial charge in [0.05, 0.1) is 11.7 Å². The summed E-state index contributed by atoms with van der Waals surface area (Å²) >= 11 is 0. The van der Waals surface area contributed by atoms with Crippen molar-refractivity contribution < 1.29 is 9.53 Å². The van der Waals surface area contributed by atoms with Gasteiger partial charge >= 0.3 is 0 Å². The molecule has 3 aliphatic heterocycles. The van der Waals surface area contributed by atoms with Gasteiger partial charge in [-0.3, -0.25) is 4.79 Å². The third-order valence-electron chi connectivity index (χ3n) is 7.13. The zero-order valence-electron chi connectivity index (χ0n) is 17.8. The van der Waals surface area contributed by atoms with Crippen LogP contribution < -0.4 is 4.90 Å². The number of likely N-dealkylation sites (tertiary alicyclic amines) is 1. The first-order valence-electron chi connectivity index (χ1n) is 11.1. The summed E-state index contributed by atoms with van der Waals surface area (Å²) in [6.45, 7) is 8.20. The molecule has 3 aliphatic rings. The lowest BCUT2D eigenvalue weighted by Gasteiger charge is -2.34. The number of carbonyl (C=O) groups excluding carboxylic acids is 1. The molecular weight excluding hydrogens is 376 g/mol. The van der Waals surface area contributed by atoms with E-state index in [0.29, 0.717) is 31.0 Å². The van der Waals surface area contributed by atoms with Gasteiger partial charge in [-0.1, -0.05) is 24.3 Å². The number of amides is 1. The van der Waals surface area contributed by atoms with Crippen LogP contribution in [0, 0.1) is 31.6 Å². The van der Waals surface area contributed by atoms with Crippen LogP contribution in [0.25, 0.3) is 0 Å². The Morgan fingerprint density at radius 1 is 1.00 bits per heavy atom. The maximum absolute atomic E-state index is 13.5. The van der Waals surface area contributed by atoms with Crippen molar-refractivity contribution in [2.75, 3.05) is 37.7 Å². The van der Waals surface area contributed by atoms with E-state index in [9.17, 15) is 4.79 Å². The van der Waals surface area contributed by atoms with Crippen molar-refractivity contribution in [2.24, 2.45) is 17.8 Å². The number of hydrogen-bond donors (Lipinski definition) is 0. The van der Waals surface area contributed by atoms with E-state index in [4.69, 9.17) is 4.74 Å². The van der Waals surface area contributed by atoms with E-state index in [0.717, 1.165) is 44.0 Å². The molecule has 0 saturated carbocycles. The number of rotatable bonds is 3. The minimum Gasteiger partial charge on any atom is -0.381 e. The second-order valence-corrected chi connectivity index (χ2v) is 9.04. The van der Waals surface area contributed by atoms with Crippen LogP contribution in [-0.4, -0.2) is 53.9 Å². The van der Waals surface area contributed by atoms with Gasteiger partial charge in [0.25, 0.3) is 0 Å². The van der Waals surface area contributed by atoms with Crippen molar-refractivity contribution in [1.82, 2.24) is 15.1 Å². The first kappa shape index (κ1) is 19.5. The molecule has 0 bridgehead atoms. The molecule has 4 heterocycles. The van der Waals surface area contributed by atoms with E-state index >= 15 is 0 Å². The van der Waals surface area contributed by atoms with Crippen LogP contribution in [-0.2, 0) is 9.53 Å². The van der Waals surface area contributed by atoms with Crippen LogP contribution in [0.2, 0.25) is 0 Å². The number of fused-ring (bicyclic) bond motifs is 1. The second-order valence-electron chi connectivity index (χ2n) is 9.04. The van der Waals surface area contributed by atoms with Crippen molar-refractivity contribution >= 4 is 11.7 Å². The lowest BCUT2D eigenvalue weighted by atomic mass is 9.87. The van der Waals surface area contributed by atoms with Gasteiger partial charge in [0.1, 0.15) is 0 Å². The number of carbonyl (C=O) groups is 1. The molecule has 3 atom stereocenters. The fourth-order valence-electron chi connectivity index (χ4n) is 5.52. The summed E-state index contributed by atoms with van der Waals surface area (Å²) < 4.78 is 5.50. The summed E-state index contributed by atoms with van der Waals surface area (Å²) in [5.41, 5.74) is 3.49. The Kier molecular flexibility index (Phi) is 5.19. The molecule has 0 radical (unpaired) electrons. The molecule has 30 heavy (non-hydrogen) atoms. The van der Waals surface area contributed by atoms with Crippen LogP contribution in [0.3, 0.4) is 0 Å². The molecule has 6 nitrogen and oxygen atoms in total. The summed E-state index contributed by atoms with van der Waals surface area (Å²) in [4.78, 5) is 18.1. The molecule has 6 heteroatoms. The van der Waals surface area contributed by atoms with Crippen molar-refractivity contribution in [3.63, 3.8) is 0 Å². The number of hydrogen-bond acceptors (Lipinski definition) is 5. The van der Waals surface area contributed by atoms with Crippen LogP contribution in [0.5, 0.6) is 0 Å². The highest BCUT2D eigenvalue weighted by Gasteiger charge is 2.50. The van der Waals surface area contributed by atoms with E-state index < -0.39 is 0 Å². The van der Waals surface area contributed by atoms with Gasteiger partial charge in [0.15, 0.2) is 5.82 Å². The Hall–Kier alpha value is -2.47. The minimum atomic E-state index is 0.100. The maximum atomic E-state index is 13.5. The van der Waals surface area contributed by atoms with Crippen LogP contribution in [0.1, 0.15) is 35.7 Å². The highest BCUT2D eigenvalue weighted by molar-refractivity contribution is 5.80. The normalized spacial score (nSPS) is 26.8. The van der Waals surface area contributed by atoms with E-state index in [-0.39, 0.29) is 12.0 Å². The Labute approximate surface area is 178 Å². The fourth-order valence-corrected chi connectivity index (χ4v) is 5.52. The van der Waals surface area contributed by atoms with E-state index in [1.807, 2.05) is 13.0 Å². The van der Waals surface area contributed by atoms with Gasteiger partial charge in [0, 0.05) is 50.6 Å². The first-order chi connectivity index (χ1) is 14.6. The zero-order chi connectivity index (χ0) is 20.7. The van der Waals surface area contributed by atoms with Crippen molar-refractivity contribution in [3.8, 4) is 0 Å². The fraction of sp³-hybridized carbons (Fsp3) is 0.542. The Bertz CT molecular complexity index is 910. The lowest BCUT2D eigenvalue weighted by molar-refractivity contribution is -0.140. The molecule has 0 aliphatic carbocycles. The van der Waals surface area contributed by atoms with Crippen molar-refractivity contribution in [3.05, 3.63) is 53.2 Å². The smallest absolute Gasteiger partial charge is 0.226 e. The molecule has 1 amide bonds. The third-order valence-corrected chi connectivity index (χ3v) is 7.13. The number of aryl methyl sites for hydroxylation is 2. The summed E-state index contributed by atoms with van der Waals surface area (Å²) in [5.74, 6) is 2.24. The predicted octanol–water partition coefficient (Wildman–Crippen LogP) is 3.16. The molecule has 1 aromatic heterocycles. The number of aromatic nitrogens is 2. The Morgan fingerprint density at radius 3 is 2.53 bits per heavy atom. The van der Waals surface area contributed by atoms with Gasteiger partial charge in [-0.25, -0.2) is 0 Å². The largest absolute Gasteiger partial charge is 0.381 e. The maximum Gasteiger partial charge on any atom is 0.226 e. The Balaban J connectivity index is 1.44. The molecule has 0 unspecified atom stereocenters. The van der Waals surface area contributed by atoms with E-state index in [1.54, 1.807) is 0 Å². The molecule has 0 spiro atoms. The Morgan fingerprint density at radius 2 is 1.80 bits per heavy atom. The monoisotopic (exact) mass is 406 g/mol. The number of anilines is 1. The third kappa shape index (κ3) is 3.47. The average Bonchev–Trinajstić information content (AvgIpc) is 3.33. The van der Waals surface area contributed by atoms with Gasteiger partial charge < -0.3 is 14.5 Å². The minimum absolute atomic E-state index is 0.100. The summed E-state index contributed by atoms with van der Waals surface area (Å²) in [5, 5.41) is 8.66. The average molecular weight is 407 g/mol. The molecule has 3 saturated heterocycles. The number of nitrogens with zero attached hydrogens (tertiary/aromatic N) is 4. The lowest BCUT2D eigenvalue weighted by Crippen LogP contribution is -2.41. The SMILES string of the molecule is Cc1ccc(N2C[C@H]3CN(C(=O)C4CCOCC4)[C@@H](c4ccccc4C)[C@H]3C2)nn1. The second kappa shape index (κ2) is 7.99. The highest BCUT2D eigenvalue weighted by Crippen LogP contribution is 2.47. The molecule has 3 fully saturated rings. The zero-order valence-corrected chi connectivity index (χ0v) is 17.8. The van der Waals surface area contributed by atoms with Gasteiger partial charge in [-0.05, 0) is 49.9 Å². The van der Waals surface area contributed by atoms with Crippen LogP contribution >= 0.6 is 0 Å².